The Morgan fingerprint density at radius 3 is 2.51 bits per heavy atom. The van der Waals surface area contributed by atoms with Crippen LogP contribution >= 0.6 is 11.8 Å². The van der Waals surface area contributed by atoms with Gasteiger partial charge in [0, 0.05) is 46.6 Å². The number of esters is 1. The average molecular weight is 913 g/mol. The molecule has 18 heteroatoms. The Morgan fingerprint density at radius 1 is 1.03 bits per heavy atom. The number of aromatic hydroxyl groups is 1. The minimum Gasteiger partial charge on any atom is -0.504 e. The van der Waals surface area contributed by atoms with E-state index in [1.165, 1.54) is 32.1 Å². The summed E-state index contributed by atoms with van der Waals surface area (Å²) in [5.74, 6) is 1.08. The number of ether oxygens (including phenoxy) is 9. The SMILES string of the molecule is C=CCOC(=O)Oc1c(C)c2c(c3c1[C@H]1SC[C@]4(NCCc5cc(OC(=O)OC(C)(C)C)c(OC)cc54)C(=O)OC[C@@H]3N3C1[C@H]1c4c(cc(C)c(OC)c4O)CC([C@@H]3C#N)N1C)OCO2. The lowest BCUT2D eigenvalue weighted by Gasteiger charge is -2.62. The molecule has 7 aliphatic heterocycles. The number of fused-ring (bicyclic) bond motifs is 9. The Labute approximate surface area is 380 Å². The summed E-state index contributed by atoms with van der Waals surface area (Å²) < 4.78 is 53.2. The van der Waals surface area contributed by atoms with Gasteiger partial charge in [0.2, 0.25) is 6.79 Å². The van der Waals surface area contributed by atoms with Gasteiger partial charge in [-0.15, -0.1) is 11.8 Å². The van der Waals surface area contributed by atoms with E-state index in [1.807, 2.05) is 20.0 Å². The van der Waals surface area contributed by atoms with Crippen LogP contribution in [0.5, 0.6) is 40.2 Å². The van der Waals surface area contributed by atoms with Gasteiger partial charge in [0.1, 0.15) is 30.6 Å². The summed E-state index contributed by atoms with van der Waals surface area (Å²) in [6, 6.07) is 4.88. The highest BCUT2D eigenvalue weighted by molar-refractivity contribution is 7.99. The fraction of sp³-hybridized carbons (Fsp3) is 0.489. The number of carbonyl (C=O) groups is 3. The van der Waals surface area contributed by atoms with Crippen molar-refractivity contribution in [2.24, 2.45) is 0 Å². The van der Waals surface area contributed by atoms with Gasteiger partial charge in [-0.2, -0.15) is 5.26 Å². The van der Waals surface area contributed by atoms with E-state index in [4.69, 9.17) is 42.6 Å². The summed E-state index contributed by atoms with van der Waals surface area (Å²) in [5, 5.41) is 26.3. The van der Waals surface area contributed by atoms with Crippen molar-refractivity contribution in [2.75, 3.05) is 53.6 Å². The number of likely N-dealkylation sites (N-methyl/N-ethyl adjacent to an activating group) is 1. The second-order valence-electron chi connectivity index (χ2n) is 18.0. The zero-order chi connectivity index (χ0) is 46.3. The smallest absolute Gasteiger partial charge is 0.504 e. The summed E-state index contributed by atoms with van der Waals surface area (Å²) in [4.78, 5) is 45.8. The maximum absolute atomic E-state index is 15.1. The minimum atomic E-state index is -1.49. The van der Waals surface area contributed by atoms with E-state index in [2.05, 4.69) is 27.8 Å². The molecule has 2 saturated heterocycles. The molecule has 4 bridgehead atoms. The first kappa shape index (κ1) is 44.3. The lowest BCUT2D eigenvalue weighted by atomic mass is 9.71. The molecule has 0 radical (unpaired) electrons. The monoisotopic (exact) mass is 912 g/mol. The summed E-state index contributed by atoms with van der Waals surface area (Å²) in [6.07, 6.45) is 0.472. The van der Waals surface area contributed by atoms with Gasteiger partial charge < -0.3 is 47.7 Å². The number of hydrogen-bond acceptors (Lipinski definition) is 18. The van der Waals surface area contributed by atoms with E-state index < -0.39 is 58.8 Å². The number of phenols is 1. The van der Waals surface area contributed by atoms with Gasteiger partial charge in [0.15, 0.2) is 40.0 Å². The van der Waals surface area contributed by atoms with E-state index >= 15 is 4.79 Å². The van der Waals surface area contributed by atoms with Gasteiger partial charge in [-0.3, -0.25) is 15.1 Å². The highest BCUT2D eigenvalue weighted by atomic mass is 32.2. The Bertz CT molecular complexity index is 2550. The topological polar surface area (TPSA) is 197 Å². The fourth-order valence-corrected chi connectivity index (χ4v) is 12.4. The zero-order valence-corrected chi connectivity index (χ0v) is 38.3. The predicted octanol–water partition coefficient (Wildman–Crippen LogP) is 6.37. The highest BCUT2D eigenvalue weighted by Gasteiger charge is 2.62. The summed E-state index contributed by atoms with van der Waals surface area (Å²) in [6.45, 7) is 12.4. The largest absolute Gasteiger partial charge is 0.514 e. The number of carbonyl (C=O) groups excluding carboxylic acids is 3. The number of rotatable bonds is 6. The van der Waals surface area contributed by atoms with Gasteiger partial charge in [0.05, 0.1) is 37.6 Å². The third-order valence-electron chi connectivity index (χ3n) is 13.3. The van der Waals surface area contributed by atoms with E-state index in [0.29, 0.717) is 64.5 Å². The standard InChI is InChI=1S/C47H52N4O13S/c1-10-13-58-44(54)63-39-23(3)40-41(61-21-60-40)33-29-19-59-43(53)47(26-17-30(56-8)31(16-24(26)11-12-49-47)62-45(55)64-46(4,5)6)20-65-42(34(33)39)36-35-32-25(14-22(2)38(57-9)37(32)52)15-27(50(35)7)28(18-48)51(29)36/h10,14,16-17,27-29,35-36,42,49,52H,1,11-13,15,19-21H2,2-9H3/t27?,28-,29-,35+,36?,42+,47+/m0/s1. The molecule has 65 heavy (non-hydrogen) atoms. The molecule has 344 valence electrons. The third-order valence-corrected chi connectivity index (χ3v) is 14.7. The molecule has 0 aromatic heterocycles. The van der Waals surface area contributed by atoms with Crippen LogP contribution in [0.25, 0.3) is 0 Å². The fourth-order valence-electron chi connectivity index (χ4n) is 10.7. The van der Waals surface area contributed by atoms with Crippen molar-refractivity contribution in [3.05, 3.63) is 75.4 Å². The lowest BCUT2D eigenvalue weighted by molar-refractivity contribution is -0.157. The van der Waals surface area contributed by atoms with Crippen LogP contribution in [0, 0.1) is 25.2 Å². The van der Waals surface area contributed by atoms with Crippen LogP contribution in [-0.4, -0.2) is 110 Å². The molecule has 17 nitrogen and oxygen atoms in total. The summed E-state index contributed by atoms with van der Waals surface area (Å²) in [5.41, 5.74) is 2.91. The Kier molecular flexibility index (Phi) is 11.3. The molecule has 0 saturated carbocycles. The Hall–Kier alpha value is -5.87. The zero-order valence-electron chi connectivity index (χ0n) is 37.5. The molecular formula is C47H52N4O13S. The Morgan fingerprint density at radius 2 is 1.80 bits per heavy atom. The normalized spacial score (nSPS) is 26.3. The third kappa shape index (κ3) is 7.05. The molecule has 7 atom stereocenters. The molecule has 1 spiro atoms. The van der Waals surface area contributed by atoms with Crippen molar-refractivity contribution in [2.45, 2.75) is 94.1 Å². The van der Waals surface area contributed by atoms with E-state index in [9.17, 15) is 20.0 Å². The summed E-state index contributed by atoms with van der Waals surface area (Å²) >= 11 is 1.41. The lowest BCUT2D eigenvalue weighted by Crippen LogP contribution is -2.69. The number of hydrogen-bond donors (Lipinski definition) is 2. The molecule has 10 rings (SSSR count). The van der Waals surface area contributed by atoms with Crippen LogP contribution in [-0.2, 0) is 37.4 Å². The van der Waals surface area contributed by atoms with Gasteiger partial charge in [0.25, 0.3) is 0 Å². The minimum absolute atomic E-state index is 0.0000326. The van der Waals surface area contributed by atoms with E-state index in [-0.39, 0.29) is 54.8 Å². The number of thioether (sulfide) groups is 1. The number of phenolic OH excluding ortho intramolecular Hbond substituents is 1. The number of nitriles is 1. The molecule has 7 aliphatic rings. The average Bonchev–Trinajstić information content (AvgIpc) is 3.75. The first-order chi connectivity index (χ1) is 31.1. The number of nitrogens with zero attached hydrogens (tertiary/aromatic N) is 3. The van der Waals surface area contributed by atoms with Crippen LogP contribution in [0.15, 0.2) is 30.9 Å². The van der Waals surface area contributed by atoms with Gasteiger partial charge >= 0.3 is 18.3 Å². The number of aryl methyl sites for hydroxylation is 1. The molecule has 0 amide bonds. The number of benzene rings is 3. The van der Waals surface area contributed by atoms with Crippen molar-refractivity contribution >= 4 is 30.0 Å². The van der Waals surface area contributed by atoms with Gasteiger partial charge in [-0.1, -0.05) is 18.7 Å². The first-order valence-corrected chi connectivity index (χ1v) is 22.5. The number of piperazine rings is 1. The van der Waals surface area contributed by atoms with Gasteiger partial charge in [-0.25, -0.2) is 14.4 Å². The molecule has 0 aliphatic carbocycles. The molecular weight excluding hydrogens is 861 g/mol. The second kappa shape index (κ2) is 16.5. The van der Waals surface area contributed by atoms with Crippen LogP contribution in [0.1, 0.15) is 82.6 Å². The molecule has 3 aromatic rings. The quantitative estimate of drug-likeness (QED) is 0.120. The first-order valence-electron chi connectivity index (χ1n) is 21.4. The second-order valence-corrected chi connectivity index (χ2v) is 19.1. The molecule has 2 unspecified atom stereocenters. The predicted molar refractivity (Wildman–Crippen MR) is 234 cm³/mol. The van der Waals surface area contributed by atoms with E-state index in [0.717, 1.165) is 16.7 Å². The van der Waals surface area contributed by atoms with Crippen molar-refractivity contribution < 1.29 is 62.1 Å². The molecule has 3 aromatic carbocycles. The van der Waals surface area contributed by atoms with Crippen molar-refractivity contribution in [1.82, 2.24) is 15.1 Å². The van der Waals surface area contributed by atoms with Crippen molar-refractivity contribution in [3.63, 3.8) is 0 Å². The van der Waals surface area contributed by atoms with E-state index in [1.54, 1.807) is 39.8 Å². The van der Waals surface area contributed by atoms with Crippen molar-refractivity contribution in [1.29, 1.82) is 5.26 Å². The van der Waals surface area contributed by atoms with Crippen LogP contribution in [0.3, 0.4) is 0 Å². The van der Waals surface area contributed by atoms with Crippen LogP contribution in [0.4, 0.5) is 9.59 Å². The van der Waals surface area contributed by atoms with Crippen LogP contribution < -0.4 is 33.7 Å². The number of nitrogens with one attached hydrogen (secondary N) is 1. The Balaban J connectivity index is 1.27. The summed E-state index contributed by atoms with van der Waals surface area (Å²) in [7, 11) is 4.92. The molecule has 7 heterocycles. The molecule has 2 N–H and O–H groups in total. The van der Waals surface area contributed by atoms with Gasteiger partial charge in [-0.05, 0) is 88.9 Å². The number of methoxy groups -OCH3 is 2. The maximum atomic E-state index is 15.1. The van der Waals surface area contributed by atoms with Crippen LogP contribution in [0.2, 0.25) is 0 Å². The molecule has 2 fully saturated rings. The highest BCUT2D eigenvalue weighted by Crippen LogP contribution is 2.64. The maximum Gasteiger partial charge on any atom is 0.514 e. The van der Waals surface area contributed by atoms with Crippen molar-refractivity contribution in [3.8, 4) is 46.3 Å².